The summed E-state index contributed by atoms with van der Waals surface area (Å²) in [4.78, 5) is 4.41. The molecule has 0 bridgehead atoms. The number of nitrogens with zero attached hydrogens (tertiary/aromatic N) is 1. The van der Waals surface area contributed by atoms with Crippen LogP contribution >= 0.6 is 11.6 Å². The van der Waals surface area contributed by atoms with Crippen molar-refractivity contribution in [3.8, 4) is 11.5 Å². The van der Waals surface area contributed by atoms with E-state index in [4.69, 9.17) is 16.3 Å². The predicted molar refractivity (Wildman–Crippen MR) is 108 cm³/mol. The maximum Gasteiger partial charge on any atom is 0.178 e. The van der Waals surface area contributed by atoms with E-state index in [-0.39, 0.29) is 10.6 Å². The molecular formula is C20H19ClN2O3S. The van der Waals surface area contributed by atoms with E-state index in [1.807, 2.05) is 12.1 Å². The Bertz CT molecular complexity index is 1030. The molecule has 1 N–H and O–H groups in total. The Balaban J connectivity index is 1.49. The lowest BCUT2D eigenvalue weighted by Crippen LogP contribution is -2.08. The van der Waals surface area contributed by atoms with Gasteiger partial charge in [-0.3, -0.25) is 4.99 Å². The second-order valence-corrected chi connectivity index (χ2v) is 9.20. The van der Waals surface area contributed by atoms with Crippen molar-refractivity contribution in [3.05, 3.63) is 59.3 Å². The van der Waals surface area contributed by atoms with Crippen molar-refractivity contribution >= 4 is 33.3 Å². The van der Waals surface area contributed by atoms with E-state index >= 15 is 0 Å². The lowest BCUT2D eigenvalue weighted by molar-refractivity contribution is 0.481. The first-order valence-electron chi connectivity index (χ1n) is 8.76. The molecule has 0 unspecified atom stereocenters. The molecule has 0 aromatic heterocycles. The molecule has 0 amide bonds. The van der Waals surface area contributed by atoms with Crippen LogP contribution < -0.4 is 10.1 Å². The zero-order valence-corrected chi connectivity index (χ0v) is 16.1. The molecule has 4 rings (SSSR count). The highest BCUT2D eigenvalue weighted by Gasteiger charge is 2.29. The minimum absolute atomic E-state index is 0.205. The summed E-state index contributed by atoms with van der Waals surface area (Å²) in [5.41, 5.74) is 1.83. The molecule has 2 aromatic carbocycles. The van der Waals surface area contributed by atoms with E-state index < -0.39 is 9.84 Å². The van der Waals surface area contributed by atoms with E-state index in [0.29, 0.717) is 29.0 Å². The summed E-state index contributed by atoms with van der Waals surface area (Å²) in [6.07, 6.45) is 5.65. The first-order chi connectivity index (χ1) is 13.0. The summed E-state index contributed by atoms with van der Waals surface area (Å²) >= 11 is 6.34. The number of halogens is 1. The van der Waals surface area contributed by atoms with Crippen molar-refractivity contribution in [3.63, 3.8) is 0 Å². The molecule has 2 aromatic rings. The molecule has 1 heterocycles. The number of sulfone groups is 1. The van der Waals surface area contributed by atoms with E-state index in [1.165, 1.54) is 0 Å². The van der Waals surface area contributed by atoms with Gasteiger partial charge in [0, 0.05) is 17.6 Å². The summed E-state index contributed by atoms with van der Waals surface area (Å²) in [6, 6.07) is 12.0. The van der Waals surface area contributed by atoms with Crippen molar-refractivity contribution in [2.45, 2.75) is 17.7 Å². The topological polar surface area (TPSA) is 67.8 Å². The second-order valence-electron chi connectivity index (χ2n) is 6.75. The lowest BCUT2D eigenvalue weighted by atomic mass is 10.2. The Hall–Kier alpha value is -2.31. The van der Waals surface area contributed by atoms with Gasteiger partial charge in [-0.15, -0.1) is 0 Å². The third-order valence-electron chi connectivity index (χ3n) is 4.42. The number of hydrogen-bond acceptors (Lipinski definition) is 5. The van der Waals surface area contributed by atoms with Crippen LogP contribution in [-0.4, -0.2) is 26.9 Å². The van der Waals surface area contributed by atoms with Crippen LogP contribution in [0.3, 0.4) is 0 Å². The van der Waals surface area contributed by atoms with Crippen LogP contribution in [0.15, 0.2) is 64.1 Å². The van der Waals surface area contributed by atoms with Gasteiger partial charge in [0.1, 0.15) is 11.5 Å². The number of allylic oxidation sites excluding steroid dienone is 1. The van der Waals surface area contributed by atoms with Crippen LogP contribution in [0, 0.1) is 5.92 Å². The van der Waals surface area contributed by atoms with Crippen LogP contribution in [-0.2, 0) is 9.84 Å². The standard InChI is InChI=1S/C20H19ClN2O3S/c21-19-10-15(23-16-8-9-22-12-16)6-7-20(19)26-17-2-1-3-18(11-17)27(24,25)13-14-4-5-14/h1-3,6-11,14,23H,4-5,12-13H2. The fourth-order valence-corrected chi connectivity index (χ4v) is 4.77. The normalized spacial score (nSPS) is 16.3. The van der Waals surface area contributed by atoms with Crippen LogP contribution in [0.1, 0.15) is 12.8 Å². The van der Waals surface area contributed by atoms with Crippen molar-refractivity contribution in [1.82, 2.24) is 0 Å². The first-order valence-corrected chi connectivity index (χ1v) is 10.8. The number of anilines is 1. The maximum absolute atomic E-state index is 12.5. The number of aliphatic imine (C=N–C) groups is 1. The maximum atomic E-state index is 12.5. The van der Waals surface area contributed by atoms with Gasteiger partial charge in [0.15, 0.2) is 9.84 Å². The molecule has 0 saturated heterocycles. The minimum Gasteiger partial charge on any atom is -0.456 e. The van der Waals surface area contributed by atoms with E-state index in [1.54, 1.807) is 42.6 Å². The Morgan fingerprint density at radius 1 is 1.19 bits per heavy atom. The number of nitrogens with one attached hydrogen (secondary N) is 1. The quantitative estimate of drug-likeness (QED) is 0.729. The van der Waals surface area contributed by atoms with Gasteiger partial charge >= 0.3 is 0 Å². The van der Waals surface area contributed by atoms with Crippen molar-refractivity contribution < 1.29 is 13.2 Å². The van der Waals surface area contributed by atoms with Crippen molar-refractivity contribution in [2.24, 2.45) is 10.9 Å². The van der Waals surface area contributed by atoms with Crippen LogP contribution in [0.2, 0.25) is 5.02 Å². The summed E-state index contributed by atoms with van der Waals surface area (Å²) in [5.74, 6) is 1.42. The van der Waals surface area contributed by atoms with E-state index in [9.17, 15) is 8.42 Å². The molecule has 0 spiro atoms. The summed E-state index contributed by atoms with van der Waals surface area (Å²) in [5, 5.41) is 3.68. The molecule has 0 radical (unpaired) electrons. The average Bonchev–Trinajstić information content (AvgIpc) is 3.29. The highest BCUT2D eigenvalue weighted by molar-refractivity contribution is 7.91. The number of ether oxygens (including phenoxy) is 1. The molecule has 2 aliphatic rings. The highest BCUT2D eigenvalue weighted by atomic mass is 35.5. The molecule has 1 fully saturated rings. The Morgan fingerprint density at radius 2 is 2.04 bits per heavy atom. The van der Waals surface area contributed by atoms with Crippen molar-refractivity contribution in [1.29, 1.82) is 0 Å². The van der Waals surface area contributed by atoms with Gasteiger partial charge in [-0.2, -0.15) is 0 Å². The molecule has 27 heavy (non-hydrogen) atoms. The lowest BCUT2D eigenvalue weighted by Gasteiger charge is -2.12. The highest BCUT2D eigenvalue weighted by Crippen LogP contribution is 2.35. The molecule has 7 heteroatoms. The molecule has 1 saturated carbocycles. The average molecular weight is 403 g/mol. The molecular weight excluding hydrogens is 384 g/mol. The third kappa shape index (κ3) is 4.51. The fraction of sp³-hybridized carbons (Fsp3) is 0.250. The van der Waals surface area contributed by atoms with Gasteiger partial charge in [-0.1, -0.05) is 17.7 Å². The van der Waals surface area contributed by atoms with Crippen LogP contribution in [0.25, 0.3) is 0 Å². The predicted octanol–water partition coefficient (Wildman–Crippen LogP) is 4.70. The monoisotopic (exact) mass is 402 g/mol. The Labute approximate surface area is 163 Å². The summed E-state index contributed by atoms with van der Waals surface area (Å²) in [6.45, 7) is 0.623. The van der Waals surface area contributed by atoms with Gasteiger partial charge in [-0.25, -0.2) is 8.42 Å². The SMILES string of the molecule is O=S(=O)(CC1CC1)c1cccc(Oc2ccc(NC3=CC=NC3)cc2Cl)c1. The largest absolute Gasteiger partial charge is 0.456 e. The van der Waals surface area contributed by atoms with Gasteiger partial charge in [-0.05, 0) is 61.2 Å². The number of rotatable bonds is 7. The van der Waals surface area contributed by atoms with Gasteiger partial charge < -0.3 is 10.1 Å². The van der Waals surface area contributed by atoms with Crippen LogP contribution in [0.5, 0.6) is 11.5 Å². The fourth-order valence-electron chi connectivity index (χ4n) is 2.82. The molecule has 5 nitrogen and oxygen atoms in total. The van der Waals surface area contributed by atoms with Crippen LogP contribution in [0.4, 0.5) is 5.69 Å². The van der Waals surface area contributed by atoms with Crippen molar-refractivity contribution in [2.75, 3.05) is 17.6 Å². The number of benzene rings is 2. The third-order valence-corrected chi connectivity index (χ3v) is 6.60. The van der Waals surface area contributed by atoms with E-state index in [2.05, 4.69) is 10.3 Å². The zero-order chi connectivity index (χ0) is 18.9. The molecule has 1 aliphatic heterocycles. The molecule has 0 atom stereocenters. The minimum atomic E-state index is -3.28. The molecule has 140 valence electrons. The van der Waals surface area contributed by atoms with Gasteiger partial charge in [0.05, 0.1) is 22.2 Å². The summed E-state index contributed by atoms with van der Waals surface area (Å²) in [7, 11) is -3.28. The number of hydrogen-bond donors (Lipinski definition) is 1. The Morgan fingerprint density at radius 3 is 2.74 bits per heavy atom. The van der Waals surface area contributed by atoms with Gasteiger partial charge in [0.2, 0.25) is 0 Å². The first kappa shape index (κ1) is 18.1. The van der Waals surface area contributed by atoms with Gasteiger partial charge in [0.25, 0.3) is 0 Å². The zero-order valence-electron chi connectivity index (χ0n) is 14.6. The summed E-state index contributed by atoms with van der Waals surface area (Å²) < 4.78 is 30.7. The molecule has 1 aliphatic carbocycles. The Kier molecular flexibility index (Phi) is 4.93. The second kappa shape index (κ2) is 7.37. The van der Waals surface area contributed by atoms with E-state index in [0.717, 1.165) is 24.2 Å². The smallest absolute Gasteiger partial charge is 0.178 e.